The molecule has 0 saturated carbocycles. The Morgan fingerprint density at radius 1 is 1.29 bits per heavy atom. The summed E-state index contributed by atoms with van der Waals surface area (Å²) in [7, 11) is 0. The van der Waals surface area contributed by atoms with E-state index >= 15 is 0 Å². The van der Waals surface area contributed by atoms with Crippen molar-refractivity contribution in [3.8, 4) is 5.75 Å². The van der Waals surface area contributed by atoms with Crippen LogP contribution < -0.4 is 10.5 Å². The van der Waals surface area contributed by atoms with E-state index in [0.29, 0.717) is 0 Å². The van der Waals surface area contributed by atoms with Crippen molar-refractivity contribution in [2.45, 2.75) is 18.6 Å². The Hall–Kier alpha value is -1.56. The molecular weight excluding hydrogens is 238 g/mol. The van der Waals surface area contributed by atoms with Gasteiger partial charge in [0.25, 0.3) is 0 Å². The van der Waals surface area contributed by atoms with Gasteiger partial charge in [-0.25, -0.2) is 0 Å². The van der Waals surface area contributed by atoms with E-state index in [1.165, 1.54) is 24.3 Å². The van der Waals surface area contributed by atoms with Crippen LogP contribution in [0.25, 0.3) is 0 Å². The minimum atomic E-state index is -4.54. The Bertz CT molecular complexity index is 395. The predicted octanol–water partition coefficient (Wildman–Crippen LogP) is 3.11. The number of hydrogen-bond acceptors (Lipinski definition) is 2. The van der Waals surface area contributed by atoms with Gasteiger partial charge in [0.15, 0.2) is 0 Å². The lowest BCUT2D eigenvalue weighted by Crippen LogP contribution is -2.34. The van der Waals surface area contributed by atoms with Crippen LogP contribution in [0.15, 0.2) is 36.9 Å². The van der Waals surface area contributed by atoms with Gasteiger partial charge in [-0.15, -0.1) is 6.58 Å². The normalized spacial score (nSPS) is 13.5. The Morgan fingerprint density at radius 2 is 1.88 bits per heavy atom. The maximum Gasteiger partial charge on any atom is 0.461 e. The molecule has 1 aromatic rings. The van der Waals surface area contributed by atoms with Gasteiger partial charge in [0.05, 0.1) is 6.04 Å². The Balaban J connectivity index is 3.02. The highest BCUT2D eigenvalue weighted by molar-refractivity contribution is 5.37. The monoisotopic (exact) mass is 249 g/mol. The number of halogens is 4. The summed E-state index contributed by atoms with van der Waals surface area (Å²) in [6.07, 6.45) is -7.16. The van der Waals surface area contributed by atoms with Crippen LogP contribution in [0.2, 0.25) is 0 Å². The average Bonchev–Trinajstić information content (AvgIpc) is 2.28. The molecule has 2 nitrogen and oxygen atoms in total. The molecule has 1 atom stereocenters. The number of benzene rings is 1. The van der Waals surface area contributed by atoms with Crippen molar-refractivity contribution in [2.24, 2.45) is 5.73 Å². The molecule has 0 bridgehead atoms. The summed E-state index contributed by atoms with van der Waals surface area (Å²) in [5, 5.41) is 0. The molecule has 0 aliphatic rings. The van der Waals surface area contributed by atoms with Gasteiger partial charge < -0.3 is 10.5 Å². The van der Waals surface area contributed by atoms with Gasteiger partial charge in [0.1, 0.15) is 5.75 Å². The van der Waals surface area contributed by atoms with Gasteiger partial charge in [-0.1, -0.05) is 24.3 Å². The summed E-state index contributed by atoms with van der Waals surface area (Å²) >= 11 is 0. The van der Waals surface area contributed by atoms with E-state index < -0.39 is 18.6 Å². The molecule has 1 aromatic carbocycles. The van der Waals surface area contributed by atoms with Crippen LogP contribution in [-0.4, -0.2) is 12.5 Å². The fraction of sp³-hybridized carbons (Fsp3) is 0.273. The molecule has 94 valence electrons. The van der Waals surface area contributed by atoms with Crippen molar-refractivity contribution in [1.82, 2.24) is 0 Å². The maximum atomic E-state index is 12.7. The van der Waals surface area contributed by atoms with Crippen LogP contribution in [-0.2, 0) is 0 Å². The van der Waals surface area contributed by atoms with Gasteiger partial charge in [0, 0.05) is 5.56 Å². The minimum Gasteiger partial charge on any atom is -0.428 e. The van der Waals surface area contributed by atoms with Crippen LogP contribution in [0.3, 0.4) is 0 Å². The largest absolute Gasteiger partial charge is 0.461 e. The second-order valence-corrected chi connectivity index (χ2v) is 3.26. The highest BCUT2D eigenvalue weighted by Crippen LogP contribution is 2.32. The predicted molar refractivity (Wildman–Crippen MR) is 55.1 cm³/mol. The minimum absolute atomic E-state index is 0.169. The first-order valence-electron chi connectivity index (χ1n) is 4.70. The number of hydrogen-bond donors (Lipinski definition) is 1. The number of para-hydroxylation sites is 1. The van der Waals surface area contributed by atoms with E-state index in [4.69, 9.17) is 5.73 Å². The topological polar surface area (TPSA) is 35.2 Å². The zero-order valence-corrected chi connectivity index (χ0v) is 8.75. The van der Waals surface area contributed by atoms with Gasteiger partial charge in [-0.05, 0) is 6.07 Å². The number of ether oxygens (including phenoxy) is 1. The van der Waals surface area contributed by atoms with Crippen LogP contribution >= 0.6 is 0 Å². The number of nitrogens with two attached hydrogens (primary N) is 1. The highest BCUT2D eigenvalue weighted by atomic mass is 19.3. The van der Waals surface area contributed by atoms with Gasteiger partial charge >= 0.3 is 12.5 Å². The van der Waals surface area contributed by atoms with Crippen molar-refractivity contribution in [2.75, 3.05) is 0 Å². The molecule has 0 amide bonds. The quantitative estimate of drug-likeness (QED) is 0.642. The zero-order chi connectivity index (χ0) is 13.1. The molecule has 0 radical (unpaired) electrons. The number of rotatable bonds is 5. The molecule has 6 heteroatoms. The first kappa shape index (κ1) is 13.5. The summed E-state index contributed by atoms with van der Waals surface area (Å²) in [5.41, 5.74) is 5.73. The Labute approximate surface area is 95.7 Å². The molecule has 0 unspecified atom stereocenters. The second-order valence-electron chi connectivity index (χ2n) is 3.26. The molecule has 0 spiro atoms. The molecule has 0 aliphatic heterocycles. The molecular formula is C11H11F4NO. The molecule has 0 aromatic heterocycles. The third kappa shape index (κ3) is 3.20. The molecule has 0 aliphatic carbocycles. The van der Waals surface area contributed by atoms with Crippen molar-refractivity contribution >= 4 is 0 Å². The Kier molecular flexibility index (Phi) is 4.11. The van der Waals surface area contributed by atoms with E-state index in [9.17, 15) is 17.6 Å². The molecule has 17 heavy (non-hydrogen) atoms. The van der Waals surface area contributed by atoms with Crippen LogP contribution in [0, 0.1) is 0 Å². The summed E-state index contributed by atoms with van der Waals surface area (Å²) in [4.78, 5) is 0. The third-order valence-corrected chi connectivity index (χ3v) is 2.03. The summed E-state index contributed by atoms with van der Waals surface area (Å²) < 4.78 is 53.5. The lowest BCUT2D eigenvalue weighted by Gasteiger charge is -2.20. The van der Waals surface area contributed by atoms with E-state index in [2.05, 4.69) is 11.3 Å². The van der Waals surface area contributed by atoms with E-state index in [0.717, 1.165) is 6.07 Å². The summed E-state index contributed by atoms with van der Waals surface area (Å²) in [5.74, 6) is -0.384. The zero-order valence-electron chi connectivity index (χ0n) is 8.75. The van der Waals surface area contributed by atoms with Crippen molar-refractivity contribution < 1.29 is 22.3 Å². The molecule has 1 rings (SSSR count). The first-order chi connectivity index (χ1) is 7.88. The standard InChI is InChI=1S/C11H11F4NO/c1-2-8(16)7-5-3-4-6-9(7)17-11(14,15)10(12)13/h2-6,8,10H,1,16H2/t8-/m1/s1. The molecule has 0 saturated heterocycles. The fourth-order valence-corrected chi connectivity index (χ4v) is 1.17. The SMILES string of the molecule is C=C[C@@H](N)c1ccccc1OC(F)(F)C(F)F. The number of alkyl halides is 4. The van der Waals surface area contributed by atoms with E-state index in [1.54, 1.807) is 0 Å². The van der Waals surface area contributed by atoms with Crippen LogP contribution in [0.5, 0.6) is 5.75 Å². The first-order valence-corrected chi connectivity index (χ1v) is 4.70. The third-order valence-electron chi connectivity index (χ3n) is 2.03. The fourth-order valence-electron chi connectivity index (χ4n) is 1.17. The smallest absolute Gasteiger partial charge is 0.428 e. The van der Waals surface area contributed by atoms with Crippen molar-refractivity contribution in [3.63, 3.8) is 0 Å². The molecule has 0 fully saturated rings. The van der Waals surface area contributed by atoms with Gasteiger partial charge in [-0.3, -0.25) is 0 Å². The lowest BCUT2D eigenvalue weighted by atomic mass is 10.1. The lowest BCUT2D eigenvalue weighted by molar-refractivity contribution is -0.253. The Morgan fingerprint density at radius 3 is 2.41 bits per heavy atom. The van der Waals surface area contributed by atoms with Crippen molar-refractivity contribution in [1.29, 1.82) is 0 Å². The second kappa shape index (κ2) is 5.18. The van der Waals surface area contributed by atoms with Gasteiger partial charge in [-0.2, -0.15) is 17.6 Å². The van der Waals surface area contributed by atoms with E-state index in [1.807, 2.05) is 0 Å². The maximum absolute atomic E-state index is 12.7. The van der Waals surface area contributed by atoms with Crippen LogP contribution in [0.4, 0.5) is 17.6 Å². The van der Waals surface area contributed by atoms with Crippen LogP contribution in [0.1, 0.15) is 11.6 Å². The average molecular weight is 249 g/mol. The van der Waals surface area contributed by atoms with Gasteiger partial charge in [0.2, 0.25) is 0 Å². The van der Waals surface area contributed by atoms with Crippen molar-refractivity contribution in [3.05, 3.63) is 42.5 Å². The molecule has 2 N–H and O–H groups in total. The molecule has 0 heterocycles. The summed E-state index contributed by atoms with van der Waals surface area (Å²) in [6, 6.07) is 4.71. The highest BCUT2D eigenvalue weighted by Gasteiger charge is 2.44. The van der Waals surface area contributed by atoms with E-state index in [-0.39, 0.29) is 11.3 Å². The summed E-state index contributed by atoms with van der Waals surface area (Å²) in [6.45, 7) is 3.39.